The average molecular weight is 333 g/mol. The summed E-state index contributed by atoms with van der Waals surface area (Å²) < 4.78 is 0. The van der Waals surface area contributed by atoms with Crippen molar-refractivity contribution in [2.45, 2.75) is 51.9 Å². The van der Waals surface area contributed by atoms with Crippen LogP contribution < -0.4 is 0 Å². The van der Waals surface area contributed by atoms with Gasteiger partial charge in [-0.2, -0.15) is 11.8 Å². The first kappa shape index (κ1) is 21.7. The molecule has 0 aromatic heterocycles. The molecule has 1 nitrogen and oxygen atoms in total. The summed E-state index contributed by atoms with van der Waals surface area (Å²) in [5.74, 6) is 2.26. The molecule has 0 aromatic rings. The summed E-state index contributed by atoms with van der Waals surface area (Å²) in [6.07, 6.45) is 29.8. The molecule has 0 aliphatic rings. The molecule has 23 heavy (non-hydrogen) atoms. The zero-order valence-corrected chi connectivity index (χ0v) is 15.3. The van der Waals surface area contributed by atoms with Crippen LogP contribution in [0.4, 0.5) is 0 Å². The Labute approximate surface area is 147 Å². The summed E-state index contributed by atoms with van der Waals surface area (Å²) in [4.78, 5) is 10.1. The number of carbonyl (C=O) groups is 1. The number of thioether (sulfide) groups is 1. The van der Waals surface area contributed by atoms with E-state index in [1.165, 1.54) is 5.75 Å². The van der Waals surface area contributed by atoms with E-state index in [-0.39, 0.29) is 0 Å². The SMILES string of the molecule is CC/C=C\C/C=C\C/C=C\CCSC/C=C\C/C=C\CCC=O. The van der Waals surface area contributed by atoms with Crippen LogP contribution in [0.2, 0.25) is 0 Å². The predicted molar refractivity (Wildman–Crippen MR) is 107 cm³/mol. The molecule has 0 fully saturated rings. The first-order chi connectivity index (χ1) is 11.4. The number of allylic oxidation sites excluding steroid dienone is 9. The zero-order chi connectivity index (χ0) is 16.8. The second-order valence-corrected chi connectivity index (χ2v) is 6.23. The lowest BCUT2D eigenvalue weighted by Gasteiger charge is -1.93. The number of hydrogen-bond donors (Lipinski definition) is 0. The Kier molecular flexibility index (Phi) is 19.6. The summed E-state index contributed by atoms with van der Waals surface area (Å²) in [5, 5.41) is 0. The molecular formula is C21H32OS. The van der Waals surface area contributed by atoms with Gasteiger partial charge in [0.1, 0.15) is 6.29 Å². The fourth-order valence-electron chi connectivity index (χ4n) is 1.75. The van der Waals surface area contributed by atoms with E-state index in [0.717, 1.165) is 50.6 Å². The molecule has 128 valence electrons. The lowest BCUT2D eigenvalue weighted by atomic mass is 10.2. The summed E-state index contributed by atoms with van der Waals surface area (Å²) >= 11 is 1.97. The van der Waals surface area contributed by atoms with Crippen LogP contribution in [0.1, 0.15) is 51.9 Å². The molecule has 0 saturated carbocycles. The van der Waals surface area contributed by atoms with Gasteiger partial charge in [-0.15, -0.1) is 0 Å². The van der Waals surface area contributed by atoms with E-state index in [1.807, 2.05) is 11.8 Å². The quantitative estimate of drug-likeness (QED) is 0.195. The molecule has 0 radical (unpaired) electrons. The molecule has 0 rings (SSSR count). The smallest absolute Gasteiger partial charge is 0.120 e. The molecule has 0 bridgehead atoms. The average Bonchev–Trinajstić information content (AvgIpc) is 2.57. The van der Waals surface area contributed by atoms with Gasteiger partial charge in [-0.05, 0) is 44.3 Å². The maximum Gasteiger partial charge on any atom is 0.120 e. The van der Waals surface area contributed by atoms with Crippen molar-refractivity contribution in [3.63, 3.8) is 0 Å². The van der Waals surface area contributed by atoms with E-state index < -0.39 is 0 Å². The number of hydrogen-bond acceptors (Lipinski definition) is 2. The summed E-state index contributed by atoms with van der Waals surface area (Å²) in [7, 11) is 0. The summed E-state index contributed by atoms with van der Waals surface area (Å²) in [6.45, 7) is 2.16. The Morgan fingerprint density at radius 3 is 1.87 bits per heavy atom. The molecule has 0 N–H and O–H groups in total. The topological polar surface area (TPSA) is 17.1 Å². The van der Waals surface area contributed by atoms with E-state index >= 15 is 0 Å². The maximum atomic E-state index is 10.1. The molecule has 0 amide bonds. The van der Waals surface area contributed by atoms with Crippen LogP contribution in [-0.2, 0) is 4.79 Å². The van der Waals surface area contributed by atoms with Crippen molar-refractivity contribution in [3.05, 3.63) is 60.8 Å². The van der Waals surface area contributed by atoms with E-state index in [0.29, 0.717) is 6.42 Å². The van der Waals surface area contributed by atoms with Crippen molar-refractivity contribution >= 4 is 18.0 Å². The van der Waals surface area contributed by atoms with Gasteiger partial charge in [0.05, 0.1) is 0 Å². The van der Waals surface area contributed by atoms with Crippen molar-refractivity contribution in [1.29, 1.82) is 0 Å². The van der Waals surface area contributed by atoms with E-state index in [2.05, 4.69) is 67.7 Å². The standard InChI is InChI=1S/C21H32OS/c1-2-3-4-5-6-7-8-11-14-17-20-23-21-18-15-12-9-10-13-16-19-22/h3-4,6-7,9-11,14-15,18-19H,2,5,8,12-13,16-17,20-21H2,1H3/b4-3-,7-6-,10-9-,14-11-,18-15-. The highest BCUT2D eigenvalue weighted by atomic mass is 32.2. The Hall–Kier alpha value is -1.28. The zero-order valence-electron chi connectivity index (χ0n) is 14.5. The van der Waals surface area contributed by atoms with Crippen LogP contribution >= 0.6 is 11.8 Å². The van der Waals surface area contributed by atoms with Gasteiger partial charge in [-0.1, -0.05) is 67.7 Å². The van der Waals surface area contributed by atoms with Crippen LogP contribution in [0.15, 0.2) is 60.8 Å². The molecule has 0 spiro atoms. The van der Waals surface area contributed by atoms with Crippen LogP contribution in [-0.4, -0.2) is 17.8 Å². The van der Waals surface area contributed by atoms with Gasteiger partial charge >= 0.3 is 0 Å². The highest BCUT2D eigenvalue weighted by molar-refractivity contribution is 7.99. The molecule has 0 aromatic carbocycles. The maximum absolute atomic E-state index is 10.1. The first-order valence-electron chi connectivity index (χ1n) is 8.68. The van der Waals surface area contributed by atoms with Crippen LogP contribution in [0, 0.1) is 0 Å². The highest BCUT2D eigenvalue weighted by Crippen LogP contribution is 2.04. The van der Waals surface area contributed by atoms with Crippen molar-refractivity contribution in [3.8, 4) is 0 Å². The van der Waals surface area contributed by atoms with Gasteiger partial charge in [0.15, 0.2) is 0 Å². The van der Waals surface area contributed by atoms with Crippen LogP contribution in [0.5, 0.6) is 0 Å². The largest absolute Gasteiger partial charge is 0.303 e. The predicted octanol–water partition coefficient (Wildman–Crippen LogP) is 6.45. The monoisotopic (exact) mass is 332 g/mol. The molecular weight excluding hydrogens is 300 g/mol. The van der Waals surface area contributed by atoms with Crippen LogP contribution in [0.25, 0.3) is 0 Å². The minimum atomic E-state index is 0.634. The van der Waals surface area contributed by atoms with Gasteiger partial charge in [0.2, 0.25) is 0 Å². The molecule has 2 heteroatoms. The van der Waals surface area contributed by atoms with Gasteiger partial charge in [0, 0.05) is 12.2 Å². The third-order valence-corrected chi connectivity index (χ3v) is 3.93. The molecule has 0 heterocycles. The number of aldehydes is 1. The fourth-order valence-corrected chi connectivity index (χ4v) is 2.49. The number of rotatable bonds is 15. The third-order valence-electron chi connectivity index (χ3n) is 2.98. The van der Waals surface area contributed by atoms with Gasteiger partial charge in [-0.25, -0.2) is 0 Å². The van der Waals surface area contributed by atoms with Crippen LogP contribution in [0.3, 0.4) is 0 Å². The molecule has 0 unspecified atom stereocenters. The van der Waals surface area contributed by atoms with E-state index in [4.69, 9.17) is 0 Å². The van der Waals surface area contributed by atoms with Gasteiger partial charge < -0.3 is 4.79 Å². The lowest BCUT2D eigenvalue weighted by molar-refractivity contribution is -0.107. The lowest BCUT2D eigenvalue weighted by Crippen LogP contribution is -1.77. The highest BCUT2D eigenvalue weighted by Gasteiger charge is 1.83. The van der Waals surface area contributed by atoms with Crippen molar-refractivity contribution in [2.24, 2.45) is 0 Å². The minimum absolute atomic E-state index is 0.634. The number of carbonyl (C=O) groups excluding carboxylic acids is 1. The Morgan fingerprint density at radius 2 is 1.22 bits per heavy atom. The fraction of sp³-hybridized carbons (Fsp3) is 0.476. The van der Waals surface area contributed by atoms with Gasteiger partial charge in [-0.3, -0.25) is 0 Å². The molecule has 0 aliphatic heterocycles. The molecule has 0 saturated heterocycles. The van der Waals surface area contributed by atoms with Crippen molar-refractivity contribution < 1.29 is 4.79 Å². The third kappa shape index (κ3) is 20.7. The Bertz CT molecular complexity index is 389. The van der Waals surface area contributed by atoms with Crippen molar-refractivity contribution in [1.82, 2.24) is 0 Å². The van der Waals surface area contributed by atoms with E-state index in [1.54, 1.807) is 0 Å². The second-order valence-electron chi connectivity index (χ2n) is 5.08. The summed E-state index contributed by atoms with van der Waals surface area (Å²) in [6, 6.07) is 0. The Balaban J connectivity index is 3.34. The Morgan fingerprint density at radius 1 is 0.652 bits per heavy atom. The first-order valence-corrected chi connectivity index (χ1v) is 9.83. The normalized spacial score (nSPS) is 12.7. The van der Waals surface area contributed by atoms with Gasteiger partial charge in [0.25, 0.3) is 0 Å². The number of unbranched alkanes of at least 4 members (excludes halogenated alkanes) is 1. The second kappa shape index (κ2) is 20.7. The van der Waals surface area contributed by atoms with E-state index in [9.17, 15) is 4.79 Å². The van der Waals surface area contributed by atoms with Crippen molar-refractivity contribution in [2.75, 3.05) is 11.5 Å². The minimum Gasteiger partial charge on any atom is -0.303 e. The molecule has 0 aliphatic carbocycles. The molecule has 0 atom stereocenters. The summed E-state index contributed by atoms with van der Waals surface area (Å²) in [5.41, 5.74) is 0.